The Morgan fingerprint density at radius 3 is 2.53 bits per heavy atom. The van der Waals surface area contributed by atoms with Crippen molar-refractivity contribution in [3.8, 4) is 11.5 Å². The zero-order valence-electron chi connectivity index (χ0n) is 16.5. The summed E-state index contributed by atoms with van der Waals surface area (Å²) in [5, 5.41) is 14.4. The highest BCUT2D eigenvalue weighted by molar-refractivity contribution is 9.10. The minimum atomic E-state index is -0.221. The lowest BCUT2D eigenvalue weighted by molar-refractivity contribution is 0.313. The van der Waals surface area contributed by atoms with E-state index in [4.69, 9.17) is 9.73 Å². The normalized spacial score (nSPS) is 18.7. The molecule has 1 aliphatic heterocycles. The van der Waals surface area contributed by atoms with Gasteiger partial charge in [-0.1, -0.05) is 68.3 Å². The van der Waals surface area contributed by atoms with Gasteiger partial charge in [-0.2, -0.15) is 0 Å². The molecule has 3 aromatic rings. The molecule has 4 nitrogen and oxygen atoms in total. The number of phenolic OH excluding ortho intramolecular Hbond substituents is 1. The Labute approximate surface area is 193 Å². The van der Waals surface area contributed by atoms with Crippen molar-refractivity contribution in [2.45, 2.75) is 25.6 Å². The van der Waals surface area contributed by atoms with Crippen molar-refractivity contribution in [2.24, 2.45) is 4.99 Å². The molecule has 0 fully saturated rings. The molecule has 154 valence electrons. The molecule has 0 amide bonds. The third-order valence-corrected chi connectivity index (χ3v) is 6.11. The van der Waals surface area contributed by atoms with Crippen molar-refractivity contribution < 1.29 is 9.84 Å². The van der Waals surface area contributed by atoms with E-state index < -0.39 is 0 Å². The molecular weight excluding hydrogens is 508 g/mol. The molecule has 0 saturated heterocycles. The summed E-state index contributed by atoms with van der Waals surface area (Å²) >= 11 is 7.06. The number of hydrogen-bond acceptors (Lipinski definition) is 4. The van der Waals surface area contributed by atoms with E-state index in [0.717, 1.165) is 31.3 Å². The number of phenols is 1. The summed E-state index contributed by atoms with van der Waals surface area (Å²) < 4.78 is 7.64. The van der Waals surface area contributed by atoms with E-state index in [9.17, 15) is 5.11 Å². The van der Waals surface area contributed by atoms with Crippen LogP contribution in [-0.2, 0) is 0 Å². The molecule has 3 aromatic carbocycles. The summed E-state index contributed by atoms with van der Waals surface area (Å²) in [7, 11) is 0. The Hall–Kier alpha value is -2.15. The van der Waals surface area contributed by atoms with Gasteiger partial charge in [-0.25, -0.2) is 0 Å². The first-order valence-electron chi connectivity index (χ1n) is 9.84. The van der Waals surface area contributed by atoms with Gasteiger partial charge in [-0.3, -0.25) is 10.3 Å². The number of aromatic hydroxyl groups is 1. The summed E-state index contributed by atoms with van der Waals surface area (Å²) in [6, 6.07) is 21.9. The summed E-state index contributed by atoms with van der Waals surface area (Å²) in [6.07, 6.45) is 0.438. The fourth-order valence-corrected chi connectivity index (χ4v) is 4.32. The van der Waals surface area contributed by atoms with Gasteiger partial charge in [0.05, 0.1) is 6.61 Å². The molecule has 0 unspecified atom stereocenters. The van der Waals surface area contributed by atoms with Gasteiger partial charge < -0.3 is 9.84 Å². The standard InChI is InChI=1S/C24H22Br2N2O2/c1-2-30-22-8-4-7-19(23(22)29)21-14-20(16-5-3-6-18(26)13-16)27-24(28-21)15-9-11-17(25)12-10-15/h3-13,21,24,28-29H,2,14H2,1H3/t21-,24+/m1/s1. The van der Waals surface area contributed by atoms with E-state index in [1.165, 1.54) is 0 Å². The minimum Gasteiger partial charge on any atom is -0.504 e. The highest BCUT2D eigenvalue weighted by atomic mass is 79.9. The van der Waals surface area contributed by atoms with Crippen LogP contribution in [0.2, 0.25) is 0 Å². The molecule has 0 saturated carbocycles. The summed E-state index contributed by atoms with van der Waals surface area (Å²) in [6.45, 7) is 2.41. The summed E-state index contributed by atoms with van der Waals surface area (Å²) in [4.78, 5) is 5.01. The van der Waals surface area contributed by atoms with Crippen LogP contribution in [0.3, 0.4) is 0 Å². The van der Waals surface area contributed by atoms with Crippen LogP contribution in [0.1, 0.15) is 42.2 Å². The molecule has 1 heterocycles. The Morgan fingerprint density at radius 2 is 1.80 bits per heavy atom. The number of nitrogens with one attached hydrogen (secondary N) is 1. The number of ether oxygens (including phenoxy) is 1. The third-order valence-electron chi connectivity index (χ3n) is 5.09. The molecule has 30 heavy (non-hydrogen) atoms. The van der Waals surface area contributed by atoms with Crippen LogP contribution in [0, 0.1) is 0 Å². The van der Waals surface area contributed by atoms with Crippen molar-refractivity contribution in [3.05, 3.63) is 92.4 Å². The second kappa shape index (κ2) is 9.33. The van der Waals surface area contributed by atoms with Crippen molar-refractivity contribution in [1.82, 2.24) is 5.32 Å². The number of rotatable bonds is 5. The number of benzene rings is 3. The van der Waals surface area contributed by atoms with E-state index in [2.05, 4.69) is 61.4 Å². The molecule has 2 N–H and O–H groups in total. The van der Waals surface area contributed by atoms with E-state index in [1.807, 2.05) is 43.3 Å². The molecule has 0 radical (unpaired) electrons. The van der Waals surface area contributed by atoms with E-state index >= 15 is 0 Å². The van der Waals surface area contributed by atoms with Gasteiger partial charge in [0.15, 0.2) is 11.5 Å². The van der Waals surface area contributed by atoms with Crippen molar-refractivity contribution in [3.63, 3.8) is 0 Å². The molecular formula is C24H22Br2N2O2. The maximum atomic E-state index is 10.8. The van der Waals surface area contributed by atoms with Gasteiger partial charge in [0.1, 0.15) is 6.17 Å². The number of halogens is 2. The molecule has 0 aliphatic carbocycles. The van der Waals surface area contributed by atoms with Crippen LogP contribution < -0.4 is 10.1 Å². The van der Waals surface area contributed by atoms with Gasteiger partial charge in [0, 0.05) is 32.7 Å². The van der Waals surface area contributed by atoms with Crippen LogP contribution in [0.15, 0.2) is 80.7 Å². The molecule has 1 aliphatic rings. The largest absolute Gasteiger partial charge is 0.504 e. The topological polar surface area (TPSA) is 53.8 Å². The second-order valence-corrected chi connectivity index (χ2v) is 8.92. The number of aliphatic imine (C=N–C) groups is 1. The van der Waals surface area contributed by atoms with Gasteiger partial charge >= 0.3 is 0 Å². The Balaban J connectivity index is 1.75. The smallest absolute Gasteiger partial charge is 0.162 e. The van der Waals surface area contributed by atoms with Crippen molar-refractivity contribution >= 4 is 37.6 Å². The number of para-hydroxylation sites is 1. The monoisotopic (exact) mass is 528 g/mol. The maximum absolute atomic E-state index is 10.8. The Kier molecular flexibility index (Phi) is 6.56. The summed E-state index contributed by atoms with van der Waals surface area (Å²) in [5.41, 5.74) is 3.94. The van der Waals surface area contributed by atoms with Crippen LogP contribution in [-0.4, -0.2) is 17.4 Å². The van der Waals surface area contributed by atoms with E-state index in [1.54, 1.807) is 6.07 Å². The lowest BCUT2D eigenvalue weighted by Crippen LogP contribution is -2.33. The minimum absolute atomic E-state index is 0.106. The molecule has 4 rings (SSSR count). The fourth-order valence-electron chi connectivity index (χ4n) is 3.66. The zero-order valence-corrected chi connectivity index (χ0v) is 19.7. The lowest BCUT2D eigenvalue weighted by atomic mass is 9.93. The van der Waals surface area contributed by atoms with Crippen LogP contribution in [0.25, 0.3) is 0 Å². The lowest BCUT2D eigenvalue weighted by Gasteiger charge is -2.31. The molecule has 0 aromatic heterocycles. The van der Waals surface area contributed by atoms with Gasteiger partial charge in [-0.15, -0.1) is 0 Å². The zero-order chi connectivity index (χ0) is 21.1. The van der Waals surface area contributed by atoms with Crippen LogP contribution >= 0.6 is 31.9 Å². The Morgan fingerprint density at radius 1 is 1.03 bits per heavy atom. The SMILES string of the molecule is CCOc1cccc([C@H]2CC(c3cccc(Br)c3)=N[C@H](c3ccc(Br)cc3)N2)c1O. The summed E-state index contributed by atoms with van der Waals surface area (Å²) in [5.74, 6) is 0.686. The number of nitrogens with zero attached hydrogens (tertiary/aromatic N) is 1. The predicted molar refractivity (Wildman–Crippen MR) is 127 cm³/mol. The highest BCUT2D eigenvalue weighted by Gasteiger charge is 2.28. The fraction of sp³-hybridized carbons (Fsp3) is 0.208. The molecule has 0 spiro atoms. The van der Waals surface area contributed by atoms with Gasteiger partial charge in [0.25, 0.3) is 0 Å². The van der Waals surface area contributed by atoms with Crippen molar-refractivity contribution in [2.75, 3.05) is 6.61 Å². The van der Waals surface area contributed by atoms with Crippen LogP contribution in [0.4, 0.5) is 0 Å². The van der Waals surface area contributed by atoms with Crippen molar-refractivity contribution in [1.29, 1.82) is 0 Å². The highest BCUT2D eigenvalue weighted by Crippen LogP contribution is 2.39. The van der Waals surface area contributed by atoms with E-state index in [0.29, 0.717) is 18.8 Å². The van der Waals surface area contributed by atoms with Gasteiger partial charge in [0.2, 0.25) is 0 Å². The first kappa shape index (κ1) is 21.1. The third kappa shape index (κ3) is 4.61. The number of hydrogen-bond donors (Lipinski definition) is 2. The maximum Gasteiger partial charge on any atom is 0.162 e. The molecule has 2 atom stereocenters. The second-order valence-electron chi connectivity index (χ2n) is 7.09. The molecule has 0 bridgehead atoms. The van der Waals surface area contributed by atoms with E-state index in [-0.39, 0.29) is 18.0 Å². The Bertz CT molecular complexity index is 1070. The van der Waals surface area contributed by atoms with Gasteiger partial charge in [-0.05, 0) is 48.4 Å². The van der Waals surface area contributed by atoms with Crippen LogP contribution in [0.5, 0.6) is 11.5 Å². The first-order valence-corrected chi connectivity index (χ1v) is 11.4. The molecule has 6 heteroatoms. The first-order chi connectivity index (χ1) is 14.5. The average molecular weight is 530 g/mol. The predicted octanol–water partition coefficient (Wildman–Crippen LogP) is 6.54. The quantitative estimate of drug-likeness (QED) is 0.394. The average Bonchev–Trinajstić information content (AvgIpc) is 2.75.